The lowest BCUT2D eigenvalue weighted by Gasteiger charge is -2.05. The maximum absolute atomic E-state index is 12.2. The van der Waals surface area contributed by atoms with Crippen molar-refractivity contribution in [3.05, 3.63) is 59.9 Å². The molecule has 0 aliphatic heterocycles. The van der Waals surface area contributed by atoms with E-state index in [2.05, 4.69) is 23.0 Å². The van der Waals surface area contributed by atoms with E-state index in [4.69, 9.17) is 4.98 Å². The zero-order chi connectivity index (χ0) is 15.8. The molecule has 1 saturated carbocycles. The van der Waals surface area contributed by atoms with Crippen LogP contribution >= 0.6 is 0 Å². The molecule has 3 aromatic rings. The fourth-order valence-corrected chi connectivity index (χ4v) is 2.99. The molecule has 2 aromatic carbocycles. The molecule has 1 aliphatic carbocycles. The van der Waals surface area contributed by atoms with E-state index in [0.717, 1.165) is 22.3 Å². The highest BCUT2D eigenvalue weighted by atomic mass is 16.1. The third kappa shape index (κ3) is 2.84. The van der Waals surface area contributed by atoms with Crippen LogP contribution in [0.15, 0.2) is 48.5 Å². The molecule has 0 unspecified atom stereocenters. The first kappa shape index (κ1) is 14.0. The summed E-state index contributed by atoms with van der Waals surface area (Å²) in [4.78, 5) is 16.9. The van der Waals surface area contributed by atoms with E-state index in [1.807, 2.05) is 42.5 Å². The highest BCUT2D eigenvalue weighted by molar-refractivity contribution is 5.92. The lowest BCUT2D eigenvalue weighted by Crippen LogP contribution is -2.14. The second-order valence-corrected chi connectivity index (χ2v) is 6.22. The summed E-state index contributed by atoms with van der Waals surface area (Å²) in [7, 11) is 2.07. The van der Waals surface area contributed by atoms with E-state index in [9.17, 15) is 4.79 Å². The average Bonchev–Trinajstić information content (AvgIpc) is 3.33. The Labute approximate surface area is 135 Å². The van der Waals surface area contributed by atoms with Gasteiger partial charge >= 0.3 is 0 Å². The summed E-state index contributed by atoms with van der Waals surface area (Å²) < 4.78 is 2.18. The smallest absolute Gasteiger partial charge is 0.228 e. The molecular weight excluding hydrogens is 286 g/mol. The van der Waals surface area contributed by atoms with E-state index in [0.29, 0.717) is 12.3 Å². The van der Waals surface area contributed by atoms with E-state index < -0.39 is 0 Å². The van der Waals surface area contributed by atoms with Crippen molar-refractivity contribution >= 4 is 22.6 Å². The summed E-state index contributed by atoms with van der Waals surface area (Å²) in [6.45, 7) is 0. The number of hydrogen-bond acceptors (Lipinski definition) is 2. The van der Waals surface area contributed by atoms with Crippen molar-refractivity contribution in [2.75, 3.05) is 5.32 Å². The van der Waals surface area contributed by atoms with Gasteiger partial charge in [0.15, 0.2) is 0 Å². The summed E-state index contributed by atoms with van der Waals surface area (Å²) in [5.41, 5.74) is 3.94. The van der Waals surface area contributed by atoms with Crippen molar-refractivity contribution in [3.8, 4) is 0 Å². The van der Waals surface area contributed by atoms with Crippen LogP contribution in [0.4, 0.5) is 5.69 Å². The Hall–Kier alpha value is -2.62. The van der Waals surface area contributed by atoms with Crippen molar-refractivity contribution in [1.82, 2.24) is 9.55 Å². The van der Waals surface area contributed by atoms with Gasteiger partial charge in [-0.3, -0.25) is 4.79 Å². The molecule has 4 rings (SSSR count). The second-order valence-electron chi connectivity index (χ2n) is 6.22. The fourth-order valence-electron chi connectivity index (χ4n) is 2.99. The minimum Gasteiger partial charge on any atom is -0.331 e. The Morgan fingerprint density at radius 2 is 2.00 bits per heavy atom. The predicted octanol–water partition coefficient (Wildman–Crippen LogP) is 3.63. The Morgan fingerprint density at radius 3 is 2.74 bits per heavy atom. The number of amides is 1. The molecule has 1 aromatic heterocycles. The van der Waals surface area contributed by atoms with Gasteiger partial charge in [0.25, 0.3) is 0 Å². The van der Waals surface area contributed by atoms with E-state index in [-0.39, 0.29) is 5.91 Å². The van der Waals surface area contributed by atoms with Crippen molar-refractivity contribution in [2.24, 2.45) is 7.05 Å². The molecule has 0 atom stereocenters. The van der Waals surface area contributed by atoms with Crippen LogP contribution in [0, 0.1) is 0 Å². The van der Waals surface area contributed by atoms with Gasteiger partial charge in [-0.1, -0.05) is 24.3 Å². The summed E-state index contributed by atoms with van der Waals surface area (Å²) in [5, 5.41) is 2.92. The molecule has 23 heavy (non-hydrogen) atoms. The monoisotopic (exact) mass is 305 g/mol. The highest BCUT2D eigenvalue weighted by Crippen LogP contribution is 2.40. The largest absolute Gasteiger partial charge is 0.331 e. The van der Waals surface area contributed by atoms with Crippen LogP contribution in [-0.2, 0) is 18.3 Å². The number of hydrogen-bond donors (Lipinski definition) is 1. The number of aryl methyl sites for hydroxylation is 1. The third-order valence-electron chi connectivity index (χ3n) is 4.34. The number of carbonyl (C=O) groups excluding carboxylic acids is 1. The fraction of sp³-hybridized carbons (Fsp3) is 0.263. The minimum absolute atomic E-state index is 0.00565. The molecule has 1 heterocycles. The Bertz CT molecular complexity index is 863. The topological polar surface area (TPSA) is 46.9 Å². The molecule has 4 nitrogen and oxygen atoms in total. The van der Waals surface area contributed by atoms with Gasteiger partial charge in [-0.15, -0.1) is 0 Å². The molecule has 116 valence electrons. The Kier molecular flexibility index (Phi) is 3.37. The van der Waals surface area contributed by atoms with Gasteiger partial charge in [0, 0.05) is 18.7 Å². The van der Waals surface area contributed by atoms with Crippen molar-refractivity contribution in [1.29, 1.82) is 0 Å². The SMILES string of the molecule is Cn1c(C2CC2)nc2cc(CC(=O)Nc3ccccc3)ccc21. The molecule has 1 N–H and O–H groups in total. The first-order chi connectivity index (χ1) is 11.2. The number of para-hydroxylation sites is 1. The molecule has 4 heteroatoms. The molecule has 0 spiro atoms. The van der Waals surface area contributed by atoms with Crippen LogP contribution in [0.2, 0.25) is 0 Å². The number of carbonyl (C=O) groups is 1. The van der Waals surface area contributed by atoms with Crippen LogP contribution < -0.4 is 5.32 Å². The molecular formula is C19H19N3O. The van der Waals surface area contributed by atoms with Gasteiger partial charge in [0.1, 0.15) is 5.82 Å². The quantitative estimate of drug-likeness (QED) is 0.800. The van der Waals surface area contributed by atoms with Gasteiger partial charge in [0.2, 0.25) is 5.91 Å². The number of anilines is 1. The molecule has 0 radical (unpaired) electrons. The summed E-state index contributed by atoms with van der Waals surface area (Å²) in [6.07, 6.45) is 2.84. The van der Waals surface area contributed by atoms with E-state index in [1.54, 1.807) is 0 Å². The average molecular weight is 305 g/mol. The van der Waals surface area contributed by atoms with Gasteiger partial charge < -0.3 is 9.88 Å². The van der Waals surface area contributed by atoms with Gasteiger partial charge in [-0.05, 0) is 42.7 Å². The number of fused-ring (bicyclic) bond motifs is 1. The first-order valence-corrected chi connectivity index (χ1v) is 8.01. The first-order valence-electron chi connectivity index (χ1n) is 8.01. The summed E-state index contributed by atoms with van der Waals surface area (Å²) >= 11 is 0. The van der Waals surface area contributed by atoms with Crippen LogP contribution in [0.1, 0.15) is 30.1 Å². The van der Waals surface area contributed by atoms with Crippen LogP contribution in [-0.4, -0.2) is 15.5 Å². The number of nitrogens with one attached hydrogen (secondary N) is 1. The van der Waals surface area contributed by atoms with Crippen molar-refractivity contribution < 1.29 is 4.79 Å². The van der Waals surface area contributed by atoms with Gasteiger partial charge in [-0.25, -0.2) is 4.98 Å². The van der Waals surface area contributed by atoms with Crippen LogP contribution in [0.3, 0.4) is 0 Å². The van der Waals surface area contributed by atoms with Gasteiger partial charge in [0.05, 0.1) is 17.5 Å². The molecule has 1 fully saturated rings. The lowest BCUT2D eigenvalue weighted by molar-refractivity contribution is -0.115. The number of benzene rings is 2. The minimum atomic E-state index is -0.00565. The standard InChI is InChI=1S/C19H19N3O/c1-22-17-10-7-13(11-16(17)21-19(22)14-8-9-14)12-18(23)20-15-5-3-2-4-6-15/h2-7,10-11,14H,8-9,12H2,1H3,(H,20,23). The number of rotatable bonds is 4. The molecule has 0 saturated heterocycles. The lowest BCUT2D eigenvalue weighted by atomic mass is 10.1. The van der Waals surface area contributed by atoms with Crippen LogP contribution in [0.25, 0.3) is 11.0 Å². The second kappa shape index (κ2) is 5.54. The Balaban J connectivity index is 1.53. The number of nitrogens with zero attached hydrogens (tertiary/aromatic N) is 2. The van der Waals surface area contributed by atoms with Gasteiger partial charge in [-0.2, -0.15) is 0 Å². The summed E-state index contributed by atoms with van der Waals surface area (Å²) in [5.74, 6) is 1.79. The maximum atomic E-state index is 12.2. The third-order valence-corrected chi connectivity index (χ3v) is 4.34. The molecule has 1 amide bonds. The van der Waals surface area contributed by atoms with E-state index in [1.165, 1.54) is 18.7 Å². The maximum Gasteiger partial charge on any atom is 0.228 e. The Morgan fingerprint density at radius 1 is 1.22 bits per heavy atom. The predicted molar refractivity (Wildman–Crippen MR) is 91.5 cm³/mol. The van der Waals surface area contributed by atoms with E-state index >= 15 is 0 Å². The zero-order valence-electron chi connectivity index (χ0n) is 13.1. The number of aromatic nitrogens is 2. The zero-order valence-corrected chi connectivity index (χ0v) is 13.1. The highest BCUT2D eigenvalue weighted by Gasteiger charge is 2.28. The summed E-state index contributed by atoms with van der Waals surface area (Å²) in [6, 6.07) is 15.7. The van der Waals surface area contributed by atoms with Crippen molar-refractivity contribution in [3.63, 3.8) is 0 Å². The van der Waals surface area contributed by atoms with Crippen molar-refractivity contribution in [2.45, 2.75) is 25.2 Å². The molecule has 1 aliphatic rings. The number of imidazole rings is 1. The van der Waals surface area contributed by atoms with Crippen LogP contribution in [0.5, 0.6) is 0 Å². The normalized spacial score (nSPS) is 14.1. The molecule has 0 bridgehead atoms.